The molecule has 0 radical (unpaired) electrons. The third-order valence-electron chi connectivity index (χ3n) is 2.54. The Kier molecular flexibility index (Phi) is 5.63. The van der Waals surface area contributed by atoms with Crippen LogP contribution in [0.1, 0.15) is 26.0 Å². The van der Waals surface area contributed by atoms with Crippen molar-refractivity contribution in [2.75, 3.05) is 24.5 Å². The van der Waals surface area contributed by atoms with E-state index in [0.717, 1.165) is 31.0 Å². The molecule has 17 heavy (non-hydrogen) atoms. The summed E-state index contributed by atoms with van der Waals surface area (Å²) in [5, 5.41) is 3.21. The Morgan fingerprint density at radius 3 is 2.71 bits per heavy atom. The van der Waals surface area contributed by atoms with Gasteiger partial charge in [-0.3, -0.25) is 9.78 Å². The fourth-order valence-electron chi connectivity index (χ4n) is 1.66. The molecule has 94 valence electrons. The zero-order valence-corrected chi connectivity index (χ0v) is 10.9. The van der Waals surface area contributed by atoms with E-state index in [9.17, 15) is 4.79 Å². The van der Waals surface area contributed by atoms with Gasteiger partial charge in [-0.1, -0.05) is 13.8 Å². The summed E-state index contributed by atoms with van der Waals surface area (Å²) in [7, 11) is 0. The van der Waals surface area contributed by atoms with Crippen molar-refractivity contribution in [3.05, 3.63) is 24.0 Å². The minimum Gasteiger partial charge on any atom is -0.314 e. The molecule has 0 aromatic carbocycles. The first kappa shape index (κ1) is 13.6. The van der Waals surface area contributed by atoms with Crippen molar-refractivity contribution in [3.63, 3.8) is 0 Å². The second-order valence-electron chi connectivity index (χ2n) is 3.70. The van der Waals surface area contributed by atoms with Crippen LogP contribution in [0.3, 0.4) is 0 Å². The van der Waals surface area contributed by atoms with Gasteiger partial charge >= 0.3 is 0 Å². The van der Waals surface area contributed by atoms with E-state index in [1.165, 1.54) is 0 Å². The van der Waals surface area contributed by atoms with E-state index in [1.807, 2.05) is 32.9 Å². The molecule has 0 spiro atoms. The van der Waals surface area contributed by atoms with Gasteiger partial charge in [0.15, 0.2) is 0 Å². The Balaban J connectivity index is 0.000000686. The maximum atomic E-state index is 11.8. The number of carbonyl (C=O) groups is 1. The highest BCUT2D eigenvalue weighted by Crippen LogP contribution is 2.14. The van der Waals surface area contributed by atoms with Crippen molar-refractivity contribution in [1.29, 1.82) is 0 Å². The largest absolute Gasteiger partial charge is 0.314 e. The van der Waals surface area contributed by atoms with Crippen molar-refractivity contribution < 1.29 is 4.79 Å². The monoisotopic (exact) mass is 235 g/mol. The number of anilines is 1. The lowest BCUT2D eigenvalue weighted by atomic mass is 10.3. The maximum Gasteiger partial charge on any atom is 0.228 e. The average molecular weight is 235 g/mol. The summed E-state index contributed by atoms with van der Waals surface area (Å²) >= 11 is 0. The molecule has 0 saturated carbocycles. The summed E-state index contributed by atoms with van der Waals surface area (Å²) in [6.45, 7) is 8.29. The first-order chi connectivity index (χ1) is 8.27. The molecule has 1 fully saturated rings. The van der Waals surface area contributed by atoms with Crippen LogP contribution in [0.25, 0.3) is 0 Å². The van der Waals surface area contributed by atoms with Gasteiger partial charge in [-0.2, -0.15) is 0 Å². The summed E-state index contributed by atoms with van der Waals surface area (Å²) in [6, 6.07) is 3.88. The van der Waals surface area contributed by atoms with Crippen LogP contribution in [0.15, 0.2) is 18.3 Å². The highest BCUT2D eigenvalue weighted by atomic mass is 16.2. The molecule has 2 rings (SSSR count). The third kappa shape index (κ3) is 3.82. The third-order valence-corrected chi connectivity index (χ3v) is 2.54. The summed E-state index contributed by atoms with van der Waals surface area (Å²) in [6.07, 6.45) is 2.33. The van der Waals surface area contributed by atoms with Gasteiger partial charge in [0.1, 0.15) is 0 Å². The topological polar surface area (TPSA) is 45.2 Å². The van der Waals surface area contributed by atoms with Crippen LogP contribution in [-0.2, 0) is 4.79 Å². The predicted molar refractivity (Wildman–Crippen MR) is 70.2 cm³/mol. The number of hydrogen-bond acceptors (Lipinski definition) is 3. The van der Waals surface area contributed by atoms with Crippen LogP contribution in [0.5, 0.6) is 0 Å². The van der Waals surface area contributed by atoms with Crippen LogP contribution < -0.4 is 10.2 Å². The number of carbonyl (C=O) groups excluding carboxylic acids is 1. The Morgan fingerprint density at radius 2 is 2.06 bits per heavy atom. The Labute approximate surface area is 103 Å². The van der Waals surface area contributed by atoms with E-state index in [4.69, 9.17) is 0 Å². The molecule has 0 bridgehead atoms. The molecule has 1 amide bonds. The minimum atomic E-state index is 0.172. The van der Waals surface area contributed by atoms with Crippen LogP contribution in [0.4, 0.5) is 5.69 Å². The van der Waals surface area contributed by atoms with Crippen molar-refractivity contribution >= 4 is 11.6 Å². The van der Waals surface area contributed by atoms with E-state index in [2.05, 4.69) is 10.3 Å². The maximum absolute atomic E-state index is 11.8. The average Bonchev–Trinajstić information content (AvgIpc) is 2.58. The molecule has 1 saturated heterocycles. The van der Waals surface area contributed by atoms with Gasteiger partial charge in [-0.05, 0) is 19.1 Å². The molecule has 0 aliphatic carbocycles. The van der Waals surface area contributed by atoms with Crippen molar-refractivity contribution in [3.8, 4) is 0 Å². The SMILES string of the molecule is CC.Cc1ccc(N2CCNCCC2=O)cn1. The second-order valence-corrected chi connectivity index (χ2v) is 3.70. The molecule has 1 aromatic rings. The molecular weight excluding hydrogens is 214 g/mol. The van der Waals surface area contributed by atoms with Crippen molar-refractivity contribution in [2.24, 2.45) is 0 Å². The molecule has 1 aliphatic rings. The lowest BCUT2D eigenvalue weighted by Crippen LogP contribution is -2.32. The normalized spacial score (nSPS) is 15.9. The van der Waals surface area contributed by atoms with E-state index < -0.39 is 0 Å². The molecule has 1 aliphatic heterocycles. The number of pyridine rings is 1. The molecule has 0 atom stereocenters. The smallest absolute Gasteiger partial charge is 0.228 e. The summed E-state index contributed by atoms with van der Waals surface area (Å²) in [4.78, 5) is 17.8. The van der Waals surface area contributed by atoms with Gasteiger partial charge in [-0.15, -0.1) is 0 Å². The Morgan fingerprint density at radius 1 is 1.29 bits per heavy atom. The van der Waals surface area contributed by atoms with E-state index >= 15 is 0 Å². The van der Waals surface area contributed by atoms with Crippen LogP contribution in [0.2, 0.25) is 0 Å². The first-order valence-electron chi connectivity index (χ1n) is 6.21. The molecule has 4 nitrogen and oxygen atoms in total. The lowest BCUT2D eigenvalue weighted by Gasteiger charge is -2.19. The first-order valence-corrected chi connectivity index (χ1v) is 6.21. The Hall–Kier alpha value is -1.42. The number of aryl methyl sites for hydroxylation is 1. The highest BCUT2D eigenvalue weighted by Gasteiger charge is 2.17. The fraction of sp³-hybridized carbons (Fsp3) is 0.538. The zero-order valence-electron chi connectivity index (χ0n) is 10.9. The number of hydrogen-bond donors (Lipinski definition) is 1. The van der Waals surface area contributed by atoms with Gasteiger partial charge in [0.2, 0.25) is 5.91 Å². The van der Waals surface area contributed by atoms with Gasteiger partial charge in [0.05, 0.1) is 11.9 Å². The Bertz CT molecular complexity index is 348. The van der Waals surface area contributed by atoms with Gasteiger partial charge in [-0.25, -0.2) is 0 Å². The molecule has 4 heteroatoms. The van der Waals surface area contributed by atoms with Crippen LogP contribution in [-0.4, -0.2) is 30.5 Å². The van der Waals surface area contributed by atoms with Crippen molar-refractivity contribution in [1.82, 2.24) is 10.3 Å². The number of rotatable bonds is 1. The lowest BCUT2D eigenvalue weighted by molar-refractivity contribution is -0.118. The van der Waals surface area contributed by atoms with Gasteiger partial charge in [0.25, 0.3) is 0 Å². The second kappa shape index (κ2) is 7.01. The highest BCUT2D eigenvalue weighted by molar-refractivity contribution is 5.93. The standard InChI is InChI=1S/C11H15N3O.C2H6/c1-9-2-3-10(8-13-9)14-7-6-12-5-4-11(14)15;1-2/h2-3,8,12H,4-7H2,1H3;1-2H3. The minimum absolute atomic E-state index is 0.172. The zero-order chi connectivity index (χ0) is 12.7. The van der Waals surface area contributed by atoms with Crippen molar-refractivity contribution in [2.45, 2.75) is 27.2 Å². The van der Waals surface area contributed by atoms with E-state index in [-0.39, 0.29) is 5.91 Å². The number of aromatic nitrogens is 1. The van der Waals surface area contributed by atoms with E-state index in [1.54, 1.807) is 11.1 Å². The summed E-state index contributed by atoms with van der Waals surface area (Å²) in [5.74, 6) is 0.172. The number of amides is 1. The van der Waals surface area contributed by atoms with Gasteiger partial charge < -0.3 is 10.2 Å². The molecule has 1 N–H and O–H groups in total. The van der Waals surface area contributed by atoms with Gasteiger partial charge in [0, 0.05) is 31.7 Å². The number of nitrogens with zero attached hydrogens (tertiary/aromatic N) is 2. The molecule has 0 unspecified atom stereocenters. The number of nitrogens with one attached hydrogen (secondary N) is 1. The van der Waals surface area contributed by atoms with E-state index in [0.29, 0.717) is 6.42 Å². The molecule has 1 aromatic heterocycles. The van der Waals surface area contributed by atoms with Crippen LogP contribution >= 0.6 is 0 Å². The summed E-state index contributed by atoms with van der Waals surface area (Å²) in [5.41, 5.74) is 1.87. The quantitative estimate of drug-likeness (QED) is 0.806. The fourth-order valence-corrected chi connectivity index (χ4v) is 1.66. The summed E-state index contributed by atoms with van der Waals surface area (Å²) < 4.78 is 0. The van der Waals surface area contributed by atoms with Crippen LogP contribution in [0, 0.1) is 6.92 Å². The molecule has 2 heterocycles. The predicted octanol–water partition coefficient (Wildman–Crippen LogP) is 1.74. The molecular formula is C13H21N3O.